The summed E-state index contributed by atoms with van der Waals surface area (Å²) >= 11 is 0. The molecular formula is C28H37NO. The monoisotopic (exact) mass is 403 g/mol. The minimum Gasteiger partial charge on any atom is -0.325 e. The van der Waals surface area contributed by atoms with Gasteiger partial charge in [0.25, 0.3) is 0 Å². The van der Waals surface area contributed by atoms with Crippen LogP contribution >= 0.6 is 0 Å². The first-order chi connectivity index (χ1) is 14.2. The molecule has 0 heterocycles. The molecule has 0 bridgehead atoms. The van der Waals surface area contributed by atoms with E-state index in [4.69, 9.17) is 0 Å². The van der Waals surface area contributed by atoms with Crippen molar-refractivity contribution in [3.8, 4) is 0 Å². The number of hydrogen-bond acceptors (Lipinski definition) is 1. The van der Waals surface area contributed by atoms with Crippen LogP contribution in [0, 0.1) is 25.2 Å². The molecule has 0 radical (unpaired) electrons. The average molecular weight is 404 g/mol. The normalized spacial score (nSPS) is 28.0. The molecule has 2 aliphatic carbocycles. The Balaban J connectivity index is 1.69. The zero-order valence-electron chi connectivity index (χ0n) is 19.6. The highest BCUT2D eigenvalue weighted by atomic mass is 16.2. The van der Waals surface area contributed by atoms with Crippen molar-refractivity contribution in [1.29, 1.82) is 0 Å². The van der Waals surface area contributed by atoms with Crippen molar-refractivity contribution in [3.63, 3.8) is 0 Å². The Morgan fingerprint density at radius 3 is 2.43 bits per heavy atom. The van der Waals surface area contributed by atoms with Crippen molar-refractivity contribution in [2.75, 3.05) is 5.32 Å². The Labute approximate surface area is 182 Å². The number of aryl methyl sites for hydroxylation is 3. The number of carbonyl (C=O) groups excluding carboxylic acids is 1. The Bertz CT molecular complexity index is 954. The minimum absolute atomic E-state index is 0.0776. The Morgan fingerprint density at radius 2 is 1.77 bits per heavy atom. The Hall–Kier alpha value is -2.09. The molecule has 0 spiro atoms. The van der Waals surface area contributed by atoms with E-state index in [1.165, 1.54) is 23.1 Å². The molecule has 2 aliphatic rings. The van der Waals surface area contributed by atoms with E-state index < -0.39 is 0 Å². The molecule has 4 rings (SSSR count). The smallest absolute Gasteiger partial charge is 0.230 e. The van der Waals surface area contributed by atoms with Crippen LogP contribution in [0.15, 0.2) is 36.4 Å². The molecule has 0 aliphatic heterocycles. The van der Waals surface area contributed by atoms with Gasteiger partial charge in [0.2, 0.25) is 5.91 Å². The lowest BCUT2D eigenvalue weighted by Gasteiger charge is -2.54. The number of fused-ring (bicyclic) bond motifs is 3. The number of anilines is 1. The van der Waals surface area contributed by atoms with E-state index in [1.54, 1.807) is 0 Å². The van der Waals surface area contributed by atoms with Gasteiger partial charge in [0.15, 0.2) is 0 Å². The summed E-state index contributed by atoms with van der Waals surface area (Å²) in [5.74, 6) is 1.14. The van der Waals surface area contributed by atoms with E-state index in [9.17, 15) is 4.79 Å². The van der Waals surface area contributed by atoms with Gasteiger partial charge >= 0.3 is 0 Å². The molecule has 2 heteroatoms. The lowest BCUT2D eigenvalue weighted by molar-refractivity contribution is -0.133. The summed E-state index contributed by atoms with van der Waals surface area (Å²) in [6, 6.07) is 13.4. The molecule has 1 amide bonds. The maximum absolute atomic E-state index is 13.7. The predicted octanol–water partition coefficient (Wildman–Crippen LogP) is 7.08. The molecule has 160 valence electrons. The van der Waals surface area contributed by atoms with E-state index in [0.717, 1.165) is 42.5 Å². The maximum atomic E-state index is 13.7. The van der Waals surface area contributed by atoms with Crippen molar-refractivity contribution < 1.29 is 4.79 Å². The van der Waals surface area contributed by atoms with Crippen LogP contribution in [-0.4, -0.2) is 5.91 Å². The molecule has 2 aromatic carbocycles. The molecule has 30 heavy (non-hydrogen) atoms. The van der Waals surface area contributed by atoms with Gasteiger partial charge in [-0.25, -0.2) is 0 Å². The second-order valence-electron chi connectivity index (χ2n) is 10.6. The van der Waals surface area contributed by atoms with Crippen LogP contribution in [0.2, 0.25) is 0 Å². The highest BCUT2D eigenvalue weighted by Gasteiger charge is 2.55. The molecule has 0 saturated heterocycles. The van der Waals surface area contributed by atoms with Crippen LogP contribution < -0.4 is 5.32 Å². The van der Waals surface area contributed by atoms with Crippen molar-refractivity contribution in [3.05, 3.63) is 64.2 Å². The standard InChI is InChI=1S/C28H37NO/c1-18(2)21-11-13-23-22(17-21)12-14-24-27(23,5)15-8-16-28(24,6)26(30)29-25-19(3)9-7-10-20(25)4/h7,9-11,13,17-18,24H,8,12,14-16H2,1-6H3,(H,29,30)/t24-,27-,28+/m1/s1. The van der Waals surface area contributed by atoms with Gasteiger partial charge in [0, 0.05) is 5.69 Å². The summed E-state index contributed by atoms with van der Waals surface area (Å²) in [6.45, 7) is 13.4. The second-order valence-corrected chi connectivity index (χ2v) is 10.6. The van der Waals surface area contributed by atoms with E-state index >= 15 is 0 Å². The van der Waals surface area contributed by atoms with Gasteiger partial charge in [-0.15, -0.1) is 0 Å². The van der Waals surface area contributed by atoms with Gasteiger partial charge in [-0.2, -0.15) is 0 Å². The van der Waals surface area contributed by atoms with Crippen LogP contribution in [-0.2, 0) is 16.6 Å². The number of nitrogens with one attached hydrogen (secondary N) is 1. The topological polar surface area (TPSA) is 29.1 Å². The first kappa shape index (κ1) is 21.2. The van der Waals surface area contributed by atoms with Crippen LogP contribution in [0.25, 0.3) is 0 Å². The molecule has 1 saturated carbocycles. The minimum atomic E-state index is -0.337. The molecule has 1 fully saturated rings. The van der Waals surface area contributed by atoms with Gasteiger partial charge < -0.3 is 5.32 Å². The summed E-state index contributed by atoms with van der Waals surface area (Å²) < 4.78 is 0. The number of amides is 1. The Kier molecular flexibility index (Phi) is 5.33. The summed E-state index contributed by atoms with van der Waals surface area (Å²) in [5, 5.41) is 3.35. The van der Waals surface area contributed by atoms with E-state index in [2.05, 4.69) is 83.3 Å². The van der Waals surface area contributed by atoms with Gasteiger partial charge in [-0.3, -0.25) is 4.79 Å². The third-order valence-corrected chi connectivity index (χ3v) is 8.28. The van der Waals surface area contributed by atoms with Crippen LogP contribution in [0.1, 0.15) is 87.1 Å². The van der Waals surface area contributed by atoms with Gasteiger partial charge in [0.1, 0.15) is 0 Å². The zero-order valence-corrected chi connectivity index (χ0v) is 19.6. The zero-order chi connectivity index (χ0) is 21.7. The Morgan fingerprint density at radius 1 is 1.07 bits per heavy atom. The summed E-state index contributed by atoms with van der Waals surface area (Å²) in [4.78, 5) is 13.7. The number of rotatable bonds is 3. The van der Waals surface area contributed by atoms with Crippen LogP contribution in [0.5, 0.6) is 0 Å². The third-order valence-electron chi connectivity index (χ3n) is 8.28. The quantitative estimate of drug-likeness (QED) is 0.583. The lowest BCUT2D eigenvalue weighted by Crippen LogP contribution is -2.53. The fraction of sp³-hybridized carbons (Fsp3) is 0.536. The fourth-order valence-corrected chi connectivity index (χ4v) is 6.41. The highest BCUT2D eigenvalue weighted by molar-refractivity contribution is 5.97. The molecule has 1 N–H and O–H groups in total. The molecule has 0 unspecified atom stereocenters. The number of carbonyl (C=O) groups is 1. The summed E-state index contributed by atoms with van der Waals surface area (Å²) in [7, 11) is 0. The fourth-order valence-electron chi connectivity index (χ4n) is 6.41. The maximum Gasteiger partial charge on any atom is 0.230 e. The first-order valence-corrected chi connectivity index (χ1v) is 11.7. The van der Waals surface area contributed by atoms with E-state index in [-0.39, 0.29) is 16.7 Å². The van der Waals surface area contributed by atoms with E-state index in [0.29, 0.717) is 11.8 Å². The summed E-state index contributed by atoms with van der Waals surface area (Å²) in [5.41, 5.74) is 7.45. The van der Waals surface area contributed by atoms with Gasteiger partial charge in [-0.05, 0) is 84.6 Å². The highest BCUT2D eigenvalue weighted by Crippen LogP contribution is 2.57. The van der Waals surface area contributed by atoms with Crippen molar-refractivity contribution in [2.45, 2.75) is 85.0 Å². The van der Waals surface area contributed by atoms with Crippen molar-refractivity contribution >= 4 is 11.6 Å². The average Bonchev–Trinajstić information content (AvgIpc) is 2.70. The predicted molar refractivity (Wildman–Crippen MR) is 126 cm³/mol. The summed E-state index contributed by atoms with van der Waals surface area (Å²) in [6.07, 6.45) is 5.45. The van der Waals surface area contributed by atoms with E-state index in [1.807, 2.05) is 0 Å². The molecule has 0 aromatic heterocycles. The molecular weight excluding hydrogens is 366 g/mol. The number of hydrogen-bond donors (Lipinski definition) is 1. The number of benzene rings is 2. The number of para-hydroxylation sites is 1. The molecule has 2 aromatic rings. The molecule has 2 nitrogen and oxygen atoms in total. The van der Waals surface area contributed by atoms with Gasteiger partial charge in [0.05, 0.1) is 5.41 Å². The van der Waals surface area contributed by atoms with Crippen molar-refractivity contribution in [2.24, 2.45) is 11.3 Å². The van der Waals surface area contributed by atoms with Crippen LogP contribution in [0.3, 0.4) is 0 Å². The second kappa shape index (κ2) is 7.55. The largest absolute Gasteiger partial charge is 0.325 e. The molecule has 3 atom stereocenters. The van der Waals surface area contributed by atoms with Crippen molar-refractivity contribution in [1.82, 2.24) is 0 Å². The SMILES string of the molecule is Cc1cccc(C)c1NC(=O)[C@@]1(C)CCC[C@]2(C)c3ccc(C(C)C)cc3CC[C@@H]12. The third kappa shape index (κ3) is 3.29. The first-order valence-electron chi connectivity index (χ1n) is 11.7. The van der Waals surface area contributed by atoms with Crippen LogP contribution in [0.4, 0.5) is 5.69 Å². The lowest BCUT2D eigenvalue weighted by atomic mass is 9.49. The van der Waals surface area contributed by atoms with Gasteiger partial charge in [-0.1, -0.05) is 70.5 Å².